The highest BCUT2D eigenvalue weighted by molar-refractivity contribution is 8.30. The first-order valence-electron chi connectivity index (χ1n) is 16.3. The molecule has 4 aromatic carbocycles. The molecule has 0 aliphatic heterocycles. The number of rotatable bonds is 22. The molecule has 1 heterocycles. The predicted octanol–water partition coefficient (Wildman–Crippen LogP) is 5.51. The molecule has 0 aliphatic rings. The van der Waals surface area contributed by atoms with Crippen molar-refractivity contribution in [1.29, 1.82) is 0 Å². The number of nitrogens with two attached hydrogens (primary N) is 1. The van der Waals surface area contributed by atoms with Crippen LogP contribution in [-0.2, 0) is 73.1 Å². The van der Waals surface area contributed by atoms with Gasteiger partial charge in [-0.3, -0.25) is 18.7 Å². The summed E-state index contributed by atoms with van der Waals surface area (Å²) in [4.78, 5) is 33.1. The predicted molar refractivity (Wildman–Crippen MR) is 232 cm³/mol. The number of carbonyl (C=O) groups is 2. The van der Waals surface area contributed by atoms with E-state index in [-0.39, 0.29) is 60.5 Å². The Balaban J connectivity index is 0.00000980. The zero-order valence-electron chi connectivity index (χ0n) is 31.9. The number of nitrogens with zero attached hydrogens (tertiary/aromatic N) is 7. The van der Waals surface area contributed by atoms with Gasteiger partial charge in [0.1, 0.15) is 38.3 Å². The Hall–Kier alpha value is -4.98. The summed E-state index contributed by atoms with van der Waals surface area (Å²) in [5, 5.41) is 74.3. The van der Waals surface area contributed by atoms with E-state index >= 15 is 0 Å². The summed E-state index contributed by atoms with van der Waals surface area (Å²) in [6, 6.07) is 8.10. The van der Waals surface area contributed by atoms with Gasteiger partial charge in [-0.1, -0.05) is 26.9 Å². The van der Waals surface area contributed by atoms with E-state index in [1.165, 1.54) is 18.2 Å². The minimum absolute atomic E-state index is 0. The average molecular weight is 1090 g/mol. The van der Waals surface area contributed by atoms with Crippen molar-refractivity contribution in [1.82, 2.24) is 15.0 Å². The molecule has 0 amide bonds. The molecule has 5 aromatic rings. The first kappa shape index (κ1) is 54.6. The Bertz CT molecular complexity index is 3120. The molecule has 0 fully saturated rings. The van der Waals surface area contributed by atoms with Crippen LogP contribution in [0.1, 0.15) is 10.4 Å². The number of nitrogens with one attached hydrogen (secondary N) is 1. The highest BCUT2D eigenvalue weighted by Crippen LogP contribution is 2.50. The van der Waals surface area contributed by atoms with Crippen LogP contribution in [-0.4, -0.2) is 99.8 Å². The van der Waals surface area contributed by atoms with Gasteiger partial charge in [-0.05, 0) is 65.5 Å². The molecule has 5 rings (SSSR count). The fourth-order valence-electron chi connectivity index (χ4n) is 5.03. The second-order valence-electron chi connectivity index (χ2n) is 11.8. The third-order valence-corrected chi connectivity index (χ3v) is 13.0. The summed E-state index contributed by atoms with van der Waals surface area (Å²) in [6.07, 6.45) is 0. The van der Waals surface area contributed by atoms with Gasteiger partial charge in [0.05, 0.1) is 50.7 Å². The zero-order valence-corrected chi connectivity index (χ0v) is 38.4. The molecule has 0 saturated carbocycles. The number of aliphatic carboxylic acids is 1. The van der Waals surface area contributed by atoms with Gasteiger partial charge in [0.25, 0.3) is 20.2 Å². The van der Waals surface area contributed by atoms with Crippen LogP contribution in [0, 0.1) is 0 Å². The number of Topliss-reactive ketones (excluding diaryl/α,β-unsaturated/α-hetero) is 1. The van der Waals surface area contributed by atoms with Crippen LogP contribution < -0.4 is 11.1 Å². The van der Waals surface area contributed by atoms with Gasteiger partial charge in [0.15, 0.2) is 25.5 Å². The molecule has 67 heavy (non-hydrogen) atoms. The normalized spacial score (nSPS) is 12.9. The number of ketones is 1. The van der Waals surface area contributed by atoms with E-state index in [1.807, 2.05) is 0 Å². The van der Waals surface area contributed by atoms with Crippen LogP contribution in [0.2, 0.25) is 5.28 Å². The largest absolute Gasteiger partial charge is 0.505 e. The molecule has 1 unspecified atom stereocenters. The van der Waals surface area contributed by atoms with Gasteiger partial charge in [-0.2, -0.15) is 31.8 Å². The van der Waals surface area contributed by atoms with E-state index in [0.29, 0.717) is 18.1 Å². The highest BCUT2D eigenvalue weighted by Gasteiger charge is 2.27. The van der Waals surface area contributed by atoms with E-state index in [1.54, 1.807) is 0 Å². The van der Waals surface area contributed by atoms with Gasteiger partial charge in [-0.15, -0.1) is 33.5 Å². The average Bonchev–Trinajstić information content (AvgIpc) is 3.22. The van der Waals surface area contributed by atoms with Gasteiger partial charge in [0, 0.05) is 22.4 Å². The van der Waals surface area contributed by atoms with Gasteiger partial charge in [0.2, 0.25) is 11.2 Å². The van der Waals surface area contributed by atoms with Crippen molar-refractivity contribution < 1.29 is 99.3 Å². The molecule has 0 radical (unpaired) electrons. The number of hydrogen-bond acceptors (Lipinski definition) is 30. The molecule has 0 spiro atoms. The number of fused-ring (bicyclic) bond motifs is 1. The van der Waals surface area contributed by atoms with Gasteiger partial charge >= 0.3 is 5.97 Å². The minimum Gasteiger partial charge on any atom is -0.505 e. The van der Waals surface area contributed by atoms with E-state index in [2.05, 4.69) is 80.0 Å². The van der Waals surface area contributed by atoms with E-state index in [9.17, 15) is 44.8 Å². The molecule has 0 saturated heterocycles. The van der Waals surface area contributed by atoms with E-state index in [0.717, 1.165) is 36.0 Å². The monoisotopic (exact) mass is 1090 g/mol. The number of carbonyl (C=O) groups excluding carboxylic acids is 1. The maximum Gasteiger partial charge on any atom is 0.313 e. The minimum atomic E-state index is -5.26. The van der Waals surface area contributed by atoms with Crippen LogP contribution in [0.3, 0.4) is 0 Å². The van der Waals surface area contributed by atoms with Gasteiger partial charge in [-0.25, -0.2) is 20.0 Å². The number of aromatic hydroxyl groups is 1. The Labute approximate surface area is 395 Å². The molecule has 1 aromatic heterocycles. The summed E-state index contributed by atoms with van der Waals surface area (Å²) >= 11 is 11.7. The summed E-state index contributed by atoms with van der Waals surface area (Å²) in [7, 11) is -14.5. The third kappa shape index (κ3) is 14.5. The van der Waals surface area contributed by atoms with Crippen LogP contribution in [0.15, 0.2) is 93.7 Å². The fraction of sp³-hybridized carbons (Fsp3) is 0.0690. The van der Waals surface area contributed by atoms with Crippen LogP contribution >= 0.6 is 47.4 Å². The summed E-state index contributed by atoms with van der Waals surface area (Å²) in [5.74, 6) is -4.94. The number of phenols is 1. The molecule has 0 aliphatic carbocycles. The molecular formula is C29H24ClN9O21S7. The maximum absolute atomic E-state index is 12.8. The number of phenolic OH excluding ortho intramolecular Hbond substituents is 1. The first-order valence-corrected chi connectivity index (χ1v) is 24.6. The van der Waals surface area contributed by atoms with Crippen LogP contribution in [0.5, 0.6) is 5.75 Å². The quantitative estimate of drug-likeness (QED) is 0.00603. The Morgan fingerprint density at radius 1 is 0.806 bits per heavy atom. The zero-order chi connectivity index (χ0) is 48.6. The summed E-state index contributed by atoms with van der Waals surface area (Å²) in [6.45, 7) is 0. The van der Waals surface area contributed by atoms with Crippen molar-refractivity contribution >= 4 is 150 Å². The number of benzene rings is 4. The van der Waals surface area contributed by atoms with Gasteiger partial charge < -0.3 is 26.7 Å². The van der Waals surface area contributed by atoms with Crippen molar-refractivity contribution in [3.8, 4) is 5.75 Å². The molecule has 0 bridgehead atoms. The fourth-order valence-corrected chi connectivity index (χ4v) is 9.04. The number of azo groups is 2. The van der Waals surface area contributed by atoms with Crippen molar-refractivity contribution in [3.05, 3.63) is 59.4 Å². The Morgan fingerprint density at radius 2 is 1.45 bits per heavy atom. The molecule has 38 heteroatoms. The number of carboxylic acids is 1. The number of halogens is 1. The number of aromatic nitrogens is 3. The molecule has 12 N–H and O–H groups in total. The second kappa shape index (κ2) is 23.4. The maximum atomic E-state index is 12.8. The standard InChI is InChI=1S/C29H22ClN9O20S7.H2O/c30-27-33-28(35-29(34-27)61-9-21(41)42)32-13-2-4-17(62-57-54-44)15(8-13)37-39-25-20(66(51,52)53)7-12-5-18(63-58-55-45)24(26(43)22(12)23(25)31)38-36-14-3-1-11(6-19(14)65(48,49)50)16(40)10-64(47,60)59-56-46;/h1-8,43-46H,9-10,31H2,(H,41,42)(H,48,49,50)(H,51,52,53)(H,32,33,34,35);1H2. The Kier molecular flexibility index (Phi) is 19.0. The smallest absolute Gasteiger partial charge is 0.313 e. The lowest BCUT2D eigenvalue weighted by Crippen LogP contribution is -2.17. The van der Waals surface area contributed by atoms with Crippen LogP contribution in [0.25, 0.3) is 10.8 Å². The lowest BCUT2D eigenvalue weighted by atomic mass is 10.1. The molecule has 1 atom stereocenters. The van der Waals surface area contributed by atoms with E-state index in [4.69, 9.17) is 38.2 Å². The van der Waals surface area contributed by atoms with E-state index < -0.39 is 102 Å². The first-order chi connectivity index (χ1) is 31.0. The number of anilines is 3. The number of carboxylic acid groups (broad SMARTS) is 1. The van der Waals surface area contributed by atoms with Crippen molar-refractivity contribution in [3.63, 3.8) is 0 Å². The lowest BCUT2D eigenvalue weighted by Gasteiger charge is -2.14. The topological polar surface area (TPSA) is 474 Å². The molecule has 30 nitrogen and oxygen atoms in total. The third-order valence-electron chi connectivity index (χ3n) is 7.55. The number of nitrogen functional groups attached to an aromatic ring is 1. The van der Waals surface area contributed by atoms with Crippen molar-refractivity contribution in [2.45, 2.75) is 24.7 Å². The van der Waals surface area contributed by atoms with Crippen molar-refractivity contribution in [2.24, 2.45) is 20.5 Å². The van der Waals surface area contributed by atoms with Crippen molar-refractivity contribution in [2.75, 3.05) is 22.6 Å². The summed E-state index contributed by atoms with van der Waals surface area (Å²) in [5.41, 5.74) is 2.90. The Morgan fingerprint density at radius 3 is 2.07 bits per heavy atom. The molecule has 360 valence electrons. The number of thioether (sulfide) groups is 1. The summed E-state index contributed by atoms with van der Waals surface area (Å²) < 4.78 is 95.5. The second-order valence-corrected chi connectivity index (χ2v) is 20.4. The number of hydrogen-bond donors (Lipinski definition) is 9. The van der Waals surface area contributed by atoms with Crippen LogP contribution in [0.4, 0.5) is 40.1 Å². The highest BCUT2D eigenvalue weighted by atomic mass is 35.5. The molecular weight excluding hydrogens is 1070 g/mol. The SMILES string of the molecule is Nc1c(N=Nc2cc(Nc3nc(Cl)nc(SCC(=O)O)n3)ccc2SOOO)c(S(=O)(=O)O)cc2cc(SOOO)c(N=Nc3ccc(C(=O)CS(=O)(=S)OOO)cc3S(=O)(=O)O)c(O)c12.O. The lowest BCUT2D eigenvalue weighted by molar-refractivity contribution is -0.435.